The van der Waals surface area contributed by atoms with E-state index in [1.807, 2.05) is 0 Å². The van der Waals surface area contributed by atoms with Crippen LogP contribution in [-0.4, -0.2) is 25.1 Å². The molecule has 0 aliphatic carbocycles. The van der Waals surface area contributed by atoms with Crippen molar-refractivity contribution in [2.45, 2.75) is 5.71 Å². The Kier molecular flexibility index (Phi) is 1.83. The van der Waals surface area contributed by atoms with Crippen LogP contribution < -0.4 is 4.61 Å². The van der Waals surface area contributed by atoms with Crippen LogP contribution in [0, 0.1) is 0 Å². The summed E-state index contributed by atoms with van der Waals surface area (Å²) in [6, 6.07) is 0. The maximum absolute atomic E-state index is 4.02. The number of rotatable bonds is 1. The van der Waals surface area contributed by atoms with Crippen LogP contribution in [0.1, 0.15) is 0 Å². The van der Waals surface area contributed by atoms with Crippen LogP contribution in [0.5, 0.6) is 0 Å². The molecule has 38 valence electrons. The molecule has 0 radical (unpaired) electrons. The van der Waals surface area contributed by atoms with Gasteiger partial charge in [-0.05, 0) is 0 Å². The Bertz CT molecular complexity index is 127. The van der Waals surface area contributed by atoms with E-state index in [9.17, 15) is 0 Å². The third-order valence-electron chi connectivity index (χ3n) is 0.585. The second-order valence-corrected chi connectivity index (χ2v) is 3.60. The number of hydrogen-bond acceptors (Lipinski definition) is 3. The molecule has 1 heterocycles. The van der Waals surface area contributed by atoms with E-state index in [4.69, 9.17) is 0 Å². The first-order valence-corrected chi connectivity index (χ1v) is 5.86. The second-order valence-electron chi connectivity index (χ2n) is 1.00. The zero-order valence-electron chi connectivity index (χ0n) is 3.88. The van der Waals surface area contributed by atoms with Gasteiger partial charge in [-0.15, -0.1) is 0 Å². The molecular weight excluding hydrogens is 171 g/mol. The number of nitrogens with zero attached hydrogens (tertiary/aromatic N) is 2. The van der Waals surface area contributed by atoms with E-state index >= 15 is 0 Å². The van der Waals surface area contributed by atoms with Crippen LogP contribution >= 0.6 is 11.5 Å². The fourth-order valence-electron chi connectivity index (χ4n) is 0.281. The Morgan fingerprint density at radius 3 is 3.00 bits per heavy atom. The standard InChI is InChI=1S/C3H5AsN2S/c1-4-3-5-2-7-6-3/h2,4H,1H3. The van der Waals surface area contributed by atoms with Crippen LogP contribution in [0.3, 0.4) is 0 Å². The van der Waals surface area contributed by atoms with Crippen molar-refractivity contribution in [2.75, 3.05) is 0 Å². The van der Waals surface area contributed by atoms with Crippen molar-refractivity contribution in [2.24, 2.45) is 0 Å². The molecule has 1 atom stereocenters. The Balaban J connectivity index is 2.76. The average Bonchev–Trinajstić information content (AvgIpc) is 2.14. The molecule has 0 N–H and O–H groups in total. The van der Waals surface area contributed by atoms with E-state index in [1.165, 1.54) is 11.5 Å². The van der Waals surface area contributed by atoms with Crippen molar-refractivity contribution in [1.29, 1.82) is 0 Å². The van der Waals surface area contributed by atoms with Crippen LogP contribution in [0.15, 0.2) is 5.51 Å². The molecule has 0 saturated heterocycles. The second kappa shape index (κ2) is 2.43. The van der Waals surface area contributed by atoms with Crippen molar-refractivity contribution in [3.63, 3.8) is 0 Å². The van der Waals surface area contributed by atoms with Crippen LogP contribution in [0.4, 0.5) is 0 Å². The van der Waals surface area contributed by atoms with Gasteiger partial charge in [0, 0.05) is 0 Å². The molecule has 4 heteroatoms. The van der Waals surface area contributed by atoms with Gasteiger partial charge in [0.05, 0.1) is 0 Å². The fraction of sp³-hybridized carbons (Fsp3) is 0.333. The molecule has 0 bridgehead atoms. The van der Waals surface area contributed by atoms with Gasteiger partial charge in [-0.1, -0.05) is 0 Å². The summed E-state index contributed by atoms with van der Waals surface area (Å²) in [7, 11) is 0. The van der Waals surface area contributed by atoms with Crippen molar-refractivity contribution in [3.8, 4) is 0 Å². The number of aromatic nitrogens is 2. The van der Waals surface area contributed by atoms with E-state index in [0.717, 1.165) is 4.61 Å². The molecule has 1 aromatic rings. The third kappa shape index (κ3) is 1.25. The molecule has 1 unspecified atom stereocenters. The van der Waals surface area contributed by atoms with Crippen LogP contribution in [0.2, 0.25) is 5.71 Å². The SMILES string of the molecule is C[AsH]c1ncsn1. The van der Waals surface area contributed by atoms with E-state index in [0.29, 0.717) is 0 Å². The molecule has 1 aromatic heterocycles. The van der Waals surface area contributed by atoms with Gasteiger partial charge in [-0.25, -0.2) is 0 Å². The molecule has 0 aliphatic rings. The summed E-state index contributed by atoms with van der Waals surface area (Å²) in [6.45, 7) is 0. The molecule has 0 fully saturated rings. The average molecular weight is 176 g/mol. The Hall–Kier alpha value is 0.118. The van der Waals surface area contributed by atoms with Crippen molar-refractivity contribution in [1.82, 2.24) is 9.36 Å². The third-order valence-corrected chi connectivity index (χ3v) is 2.85. The molecule has 1 rings (SSSR count). The zero-order valence-corrected chi connectivity index (χ0v) is 6.79. The first-order valence-electron chi connectivity index (χ1n) is 1.87. The minimum absolute atomic E-state index is 0.0243. The van der Waals surface area contributed by atoms with Gasteiger partial charge in [-0.2, -0.15) is 0 Å². The van der Waals surface area contributed by atoms with Gasteiger partial charge < -0.3 is 0 Å². The van der Waals surface area contributed by atoms with Gasteiger partial charge in [0.2, 0.25) is 0 Å². The van der Waals surface area contributed by atoms with Gasteiger partial charge in [0.15, 0.2) is 0 Å². The Labute approximate surface area is 52.8 Å². The van der Waals surface area contributed by atoms with Crippen molar-refractivity contribution in [3.05, 3.63) is 5.51 Å². The van der Waals surface area contributed by atoms with Crippen molar-refractivity contribution >= 4 is 31.9 Å². The van der Waals surface area contributed by atoms with Gasteiger partial charge in [-0.3, -0.25) is 0 Å². The predicted molar refractivity (Wildman–Crippen MR) is 32.6 cm³/mol. The number of hydrogen-bond donors (Lipinski definition) is 0. The van der Waals surface area contributed by atoms with E-state index in [-0.39, 0.29) is 15.8 Å². The molecule has 7 heavy (non-hydrogen) atoms. The summed E-state index contributed by atoms with van der Waals surface area (Å²) < 4.78 is 5.09. The summed E-state index contributed by atoms with van der Waals surface area (Å²) in [5, 5.41) is 0. The van der Waals surface area contributed by atoms with Crippen LogP contribution in [-0.2, 0) is 0 Å². The van der Waals surface area contributed by atoms with E-state index < -0.39 is 0 Å². The Morgan fingerprint density at radius 2 is 2.71 bits per heavy atom. The fourth-order valence-corrected chi connectivity index (χ4v) is 2.22. The summed E-state index contributed by atoms with van der Waals surface area (Å²) in [4.78, 5) is 4.00. The molecule has 0 aromatic carbocycles. The zero-order chi connectivity index (χ0) is 5.11. The molecule has 0 amide bonds. The summed E-state index contributed by atoms with van der Waals surface area (Å²) in [5.74, 6) is 0. The quantitative estimate of drug-likeness (QED) is 0.546. The van der Waals surface area contributed by atoms with E-state index in [1.54, 1.807) is 5.51 Å². The van der Waals surface area contributed by atoms with Gasteiger partial charge >= 0.3 is 52.5 Å². The molecule has 2 nitrogen and oxygen atoms in total. The van der Waals surface area contributed by atoms with Crippen LogP contribution in [0.25, 0.3) is 0 Å². The molecule has 0 spiro atoms. The topological polar surface area (TPSA) is 25.8 Å². The van der Waals surface area contributed by atoms with E-state index in [2.05, 4.69) is 15.1 Å². The Morgan fingerprint density at radius 1 is 1.86 bits per heavy atom. The summed E-state index contributed by atoms with van der Waals surface area (Å²) in [6.07, 6.45) is 0. The molecule has 0 aliphatic heterocycles. The first kappa shape index (κ1) is 5.26. The summed E-state index contributed by atoms with van der Waals surface area (Å²) >= 11 is 1.46. The normalized spacial score (nSPS) is 11.0. The maximum atomic E-state index is 4.02. The minimum atomic E-state index is 0.0243. The van der Waals surface area contributed by atoms with Crippen molar-refractivity contribution < 1.29 is 0 Å². The van der Waals surface area contributed by atoms with Gasteiger partial charge in [0.1, 0.15) is 0 Å². The summed E-state index contributed by atoms with van der Waals surface area (Å²) in [5.41, 5.74) is 3.95. The molecule has 0 saturated carbocycles. The molecular formula is C3H5AsN2S. The predicted octanol–water partition coefficient (Wildman–Crippen LogP) is -0.352. The van der Waals surface area contributed by atoms with Gasteiger partial charge in [0.25, 0.3) is 0 Å². The monoisotopic (exact) mass is 176 g/mol. The first-order chi connectivity index (χ1) is 3.43.